The molecule has 0 unspecified atom stereocenters. The maximum Gasteiger partial charge on any atom is 0.155 e. The quantitative estimate of drug-likeness (QED) is 0.425. The minimum absolute atomic E-state index is 0. The summed E-state index contributed by atoms with van der Waals surface area (Å²) in [6, 6.07) is 12.1. The summed E-state index contributed by atoms with van der Waals surface area (Å²) in [4.78, 5) is 10.0. The van der Waals surface area contributed by atoms with E-state index in [0.29, 0.717) is 5.56 Å². The molecule has 0 aliphatic rings. The molecule has 1 radical (unpaired) electrons. The first-order valence-corrected chi connectivity index (χ1v) is 5.82. The molecule has 0 saturated heterocycles. The van der Waals surface area contributed by atoms with Crippen LogP contribution in [0.3, 0.4) is 0 Å². The Kier molecular flexibility index (Phi) is 8.63. The van der Waals surface area contributed by atoms with E-state index in [0.717, 1.165) is 5.69 Å². The smallest absolute Gasteiger partial charge is 0.155 e. The minimum atomic E-state index is -0.125. The summed E-state index contributed by atoms with van der Waals surface area (Å²) in [6.45, 7) is 2.85. The van der Waals surface area contributed by atoms with E-state index < -0.39 is 0 Å². The number of hydrogen-bond donors (Lipinski definition) is 1. The molecule has 1 N–H and O–H groups in total. The number of carbonyl (C=O) groups is 1. The molecule has 0 aliphatic heterocycles. The van der Waals surface area contributed by atoms with Crippen molar-refractivity contribution in [2.75, 3.05) is 0 Å². The van der Waals surface area contributed by atoms with Crippen molar-refractivity contribution in [3.8, 4) is 11.8 Å². The molecule has 0 bridgehead atoms. The maximum absolute atomic E-state index is 10.0. The first-order chi connectivity index (χ1) is 9.52. The van der Waals surface area contributed by atoms with Gasteiger partial charge in [0, 0.05) is 44.6 Å². The van der Waals surface area contributed by atoms with E-state index in [4.69, 9.17) is 10.4 Å². The Morgan fingerprint density at radius 1 is 1.48 bits per heavy atom. The third kappa shape index (κ3) is 7.21. The number of allylic oxidation sites excluding steroid dienone is 2. The maximum atomic E-state index is 10.0. The SMILES string of the molecule is CC(=O)/C=C(/C)O.N#Cc1c[c-]c(-n2cccn2)cc1.[Ir]. The predicted molar refractivity (Wildman–Crippen MR) is 74.2 cm³/mol. The minimum Gasteiger partial charge on any atom is -0.512 e. The summed E-state index contributed by atoms with van der Waals surface area (Å²) in [5, 5.41) is 21.0. The van der Waals surface area contributed by atoms with Crippen LogP contribution in [0.5, 0.6) is 0 Å². The predicted octanol–water partition coefficient (Wildman–Crippen LogP) is 2.58. The van der Waals surface area contributed by atoms with Crippen molar-refractivity contribution < 1.29 is 30.0 Å². The molecule has 1 heterocycles. The van der Waals surface area contributed by atoms with E-state index in [1.807, 2.05) is 24.4 Å². The second-order valence-corrected chi connectivity index (χ2v) is 3.92. The molecule has 0 atom stereocenters. The van der Waals surface area contributed by atoms with Gasteiger partial charge in [0.1, 0.15) is 0 Å². The van der Waals surface area contributed by atoms with E-state index in [1.165, 1.54) is 19.9 Å². The number of aliphatic hydroxyl groups excluding tert-OH is 1. The van der Waals surface area contributed by atoms with E-state index >= 15 is 0 Å². The summed E-state index contributed by atoms with van der Waals surface area (Å²) >= 11 is 0. The first-order valence-electron chi connectivity index (χ1n) is 5.82. The largest absolute Gasteiger partial charge is 0.512 e. The number of aromatic nitrogens is 2. The molecule has 21 heavy (non-hydrogen) atoms. The average Bonchev–Trinajstić information content (AvgIpc) is 2.92. The van der Waals surface area contributed by atoms with E-state index in [-0.39, 0.29) is 31.6 Å². The van der Waals surface area contributed by atoms with E-state index in [1.54, 1.807) is 23.0 Å². The number of aliphatic hydroxyl groups is 1. The Hall–Kier alpha value is -2.22. The van der Waals surface area contributed by atoms with Gasteiger partial charge in [0.2, 0.25) is 0 Å². The number of carbonyl (C=O) groups excluding carboxylic acids is 1. The van der Waals surface area contributed by atoms with Crippen LogP contribution in [0.15, 0.2) is 48.5 Å². The Morgan fingerprint density at radius 2 is 2.19 bits per heavy atom. The number of ketones is 1. The molecular weight excluding hydrogens is 446 g/mol. The van der Waals surface area contributed by atoms with Gasteiger partial charge in [-0.25, -0.2) is 5.26 Å². The Bertz CT molecular complexity index is 622. The van der Waals surface area contributed by atoms with Gasteiger partial charge in [-0.1, -0.05) is 5.56 Å². The number of benzene rings is 1. The third-order valence-corrected chi connectivity index (χ3v) is 2.09. The zero-order chi connectivity index (χ0) is 15.0. The molecule has 0 spiro atoms. The van der Waals surface area contributed by atoms with Crippen molar-refractivity contribution in [1.82, 2.24) is 9.78 Å². The first kappa shape index (κ1) is 18.8. The van der Waals surface area contributed by atoms with Crippen LogP contribution in [0, 0.1) is 17.4 Å². The molecule has 111 valence electrons. The number of rotatable bonds is 2. The molecular formula is C15H14IrN3O2-. The number of nitriles is 1. The molecule has 1 aromatic carbocycles. The van der Waals surface area contributed by atoms with Crippen molar-refractivity contribution in [3.05, 3.63) is 60.1 Å². The zero-order valence-corrected chi connectivity index (χ0v) is 14.0. The van der Waals surface area contributed by atoms with Crippen LogP contribution >= 0.6 is 0 Å². The van der Waals surface area contributed by atoms with E-state index in [9.17, 15) is 4.79 Å². The second-order valence-electron chi connectivity index (χ2n) is 3.92. The van der Waals surface area contributed by atoms with Crippen LogP contribution < -0.4 is 0 Å². The van der Waals surface area contributed by atoms with Gasteiger partial charge < -0.3 is 5.11 Å². The fourth-order valence-electron chi connectivity index (χ4n) is 1.33. The Labute approximate surface area is 136 Å². The Balaban J connectivity index is 0.000000436. The molecule has 0 saturated carbocycles. The monoisotopic (exact) mass is 461 g/mol. The summed E-state index contributed by atoms with van der Waals surface area (Å²) < 4.78 is 1.70. The number of hydrogen-bond acceptors (Lipinski definition) is 4. The van der Waals surface area contributed by atoms with Crippen LogP contribution in [0.4, 0.5) is 0 Å². The van der Waals surface area contributed by atoms with Gasteiger partial charge in [0.15, 0.2) is 5.78 Å². The van der Waals surface area contributed by atoms with E-state index in [2.05, 4.69) is 11.2 Å². The van der Waals surface area contributed by atoms with Crippen LogP contribution in [0.25, 0.3) is 5.69 Å². The summed E-state index contributed by atoms with van der Waals surface area (Å²) in [5.74, 6) is -0.0625. The van der Waals surface area contributed by atoms with Crippen LogP contribution in [-0.4, -0.2) is 20.7 Å². The van der Waals surface area contributed by atoms with Crippen LogP contribution in [0.2, 0.25) is 0 Å². The van der Waals surface area contributed by atoms with Gasteiger partial charge in [0.05, 0.1) is 5.76 Å². The average molecular weight is 461 g/mol. The van der Waals surface area contributed by atoms with Crippen molar-refractivity contribution in [1.29, 1.82) is 5.26 Å². The van der Waals surface area contributed by atoms with Crippen LogP contribution in [0.1, 0.15) is 19.4 Å². The zero-order valence-electron chi connectivity index (χ0n) is 11.6. The molecule has 2 rings (SSSR count). The standard InChI is InChI=1S/C10H6N3.C5H8O2.Ir/c11-8-9-2-4-10(5-3-9)13-7-1-6-12-13;1-4(6)3-5(2)7;/h1-4,6-7H;3,6H,1-2H3;/q-1;;/b;4-3-;. The van der Waals surface area contributed by atoms with Crippen molar-refractivity contribution >= 4 is 5.78 Å². The summed E-state index contributed by atoms with van der Waals surface area (Å²) in [5.41, 5.74) is 1.44. The van der Waals surface area contributed by atoms with Crippen LogP contribution in [-0.2, 0) is 24.9 Å². The van der Waals surface area contributed by atoms with Gasteiger partial charge in [-0.05, 0) is 25.6 Å². The summed E-state index contributed by atoms with van der Waals surface area (Å²) in [6.07, 6.45) is 4.70. The van der Waals surface area contributed by atoms with Gasteiger partial charge in [-0.2, -0.15) is 23.3 Å². The third-order valence-electron chi connectivity index (χ3n) is 2.09. The van der Waals surface area contributed by atoms with Crippen molar-refractivity contribution in [2.24, 2.45) is 0 Å². The molecule has 1 aromatic heterocycles. The Morgan fingerprint density at radius 3 is 2.52 bits per heavy atom. The summed E-state index contributed by atoms with van der Waals surface area (Å²) in [7, 11) is 0. The van der Waals surface area contributed by atoms with Gasteiger partial charge in [-0.3, -0.25) is 9.48 Å². The fourth-order valence-corrected chi connectivity index (χ4v) is 1.33. The van der Waals surface area contributed by atoms with Gasteiger partial charge >= 0.3 is 0 Å². The molecule has 2 aromatic rings. The second kappa shape index (κ2) is 9.65. The molecule has 0 amide bonds. The van der Waals surface area contributed by atoms with Gasteiger partial charge in [0.25, 0.3) is 0 Å². The number of nitrogens with zero attached hydrogens (tertiary/aromatic N) is 3. The fraction of sp³-hybridized carbons (Fsp3) is 0.133. The topological polar surface area (TPSA) is 78.9 Å². The van der Waals surface area contributed by atoms with Crippen molar-refractivity contribution in [3.63, 3.8) is 0 Å². The molecule has 5 nitrogen and oxygen atoms in total. The van der Waals surface area contributed by atoms with Crippen molar-refractivity contribution in [2.45, 2.75) is 13.8 Å². The normalized spacial score (nSPS) is 9.67. The molecule has 6 heteroatoms. The molecule has 0 aliphatic carbocycles. The molecule has 0 fully saturated rings. The van der Waals surface area contributed by atoms with Gasteiger partial charge in [-0.15, -0.1) is 6.07 Å².